The Morgan fingerprint density at radius 2 is 1.81 bits per heavy atom. The molecule has 0 heterocycles. The fourth-order valence-electron chi connectivity index (χ4n) is 1.62. The smallest absolute Gasteiger partial charge is 0.338 e. The highest BCUT2D eigenvalue weighted by Gasteiger charge is 2.16. The summed E-state index contributed by atoms with van der Waals surface area (Å²) in [5.74, 6) is -0.789. The van der Waals surface area contributed by atoms with Crippen LogP contribution in [0.1, 0.15) is 10.4 Å². The molecule has 0 spiro atoms. The van der Waals surface area contributed by atoms with Crippen LogP contribution in [-0.2, 0) is 4.74 Å². The van der Waals surface area contributed by atoms with Crippen molar-refractivity contribution in [3.05, 3.63) is 64.0 Å². The number of nitrogens with zero attached hydrogens (tertiary/aromatic N) is 1. The molecule has 0 N–H and O–H groups in total. The number of hydrogen-bond donors (Lipinski definition) is 0. The van der Waals surface area contributed by atoms with E-state index < -0.39 is 16.7 Å². The summed E-state index contributed by atoms with van der Waals surface area (Å²) in [7, 11) is 1.17. The second-order valence-electron chi connectivity index (χ2n) is 4.02. The number of halogens is 1. The Labute approximate surface area is 118 Å². The highest BCUT2D eigenvalue weighted by Crippen LogP contribution is 2.27. The molecule has 0 aliphatic carbocycles. The quantitative estimate of drug-likeness (QED) is 0.490. The van der Waals surface area contributed by atoms with Gasteiger partial charge in [-0.15, -0.1) is 0 Å². The predicted octanol–water partition coefficient (Wildman–Crippen LogP) is 3.31. The van der Waals surface area contributed by atoms with Crippen molar-refractivity contribution in [1.29, 1.82) is 0 Å². The maximum Gasteiger partial charge on any atom is 0.338 e. The van der Waals surface area contributed by atoms with Crippen molar-refractivity contribution in [1.82, 2.24) is 0 Å². The second-order valence-corrected chi connectivity index (χ2v) is 4.02. The molecule has 0 amide bonds. The predicted molar refractivity (Wildman–Crippen MR) is 70.9 cm³/mol. The van der Waals surface area contributed by atoms with Gasteiger partial charge in [0.1, 0.15) is 17.3 Å². The van der Waals surface area contributed by atoms with Gasteiger partial charge in [0.25, 0.3) is 5.69 Å². The van der Waals surface area contributed by atoms with Crippen molar-refractivity contribution in [2.24, 2.45) is 0 Å². The van der Waals surface area contributed by atoms with Gasteiger partial charge in [-0.3, -0.25) is 10.1 Å². The standard InChI is InChI=1S/C14H10FNO5/c1-20-14(17)9-6-11(16(18)19)8-13(7-9)21-12-4-2-10(15)3-5-12/h2-8H,1H3. The van der Waals surface area contributed by atoms with Crippen LogP contribution < -0.4 is 4.74 Å². The molecule has 0 atom stereocenters. The summed E-state index contributed by atoms with van der Waals surface area (Å²) in [6.07, 6.45) is 0. The minimum absolute atomic E-state index is 0.0104. The molecule has 21 heavy (non-hydrogen) atoms. The van der Waals surface area contributed by atoms with Crippen LogP contribution in [0.15, 0.2) is 42.5 Å². The summed E-state index contributed by atoms with van der Waals surface area (Å²) in [6.45, 7) is 0. The summed E-state index contributed by atoms with van der Waals surface area (Å²) in [6, 6.07) is 8.67. The third-order valence-electron chi connectivity index (χ3n) is 2.57. The number of ether oxygens (including phenoxy) is 2. The Hall–Kier alpha value is -2.96. The van der Waals surface area contributed by atoms with Crippen molar-refractivity contribution in [3.63, 3.8) is 0 Å². The summed E-state index contributed by atoms with van der Waals surface area (Å²) >= 11 is 0. The molecule has 7 heteroatoms. The Morgan fingerprint density at radius 3 is 2.38 bits per heavy atom. The van der Waals surface area contributed by atoms with Gasteiger partial charge in [-0.1, -0.05) is 0 Å². The lowest BCUT2D eigenvalue weighted by atomic mass is 10.2. The zero-order valence-electron chi connectivity index (χ0n) is 10.9. The average Bonchev–Trinajstić information content (AvgIpc) is 2.48. The Kier molecular flexibility index (Phi) is 4.13. The highest BCUT2D eigenvalue weighted by molar-refractivity contribution is 5.90. The van der Waals surface area contributed by atoms with Gasteiger partial charge in [0.05, 0.1) is 23.7 Å². The second kappa shape index (κ2) is 6.00. The molecular formula is C14H10FNO5. The molecule has 108 valence electrons. The molecule has 0 bridgehead atoms. The van der Waals surface area contributed by atoms with E-state index in [0.29, 0.717) is 0 Å². The lowest BCUT2D eigenvalue weighted by Crippen LogP contribution is -2.02. The normalized spacial score (nSPS) is 10.0. The van der Waals surface area contributed by atoms with E-state index in [1.165, 1.54) is 37.4 Å². The zero-order valence-corrected chi connectivity index (χ0v) is 10.9. The van der Waals surface area contributed by atoms with Crippen LogP contribution in [0.25, 0.3) is 0 Å². The number of methoxy groups -OCH3 is 1. The molecule has 2 aromatic rings. The molecule has 2 rings (SSSR count). The number of rotatable bonds is 4. The minimum atomic E-state index is -0.720. The van der Waals surface area contributed by atoms with Gasteiger partial charge >= 0.3 is 5.97 Å². The number of hydrogen-bond acceptors (Lipinski definition) is 5. The number of nitro groups is 1. The van der Waals surface area contributed by atoms with E-state index in [1.54, 1.807) is 0 Å². The van der Waals surface area contributed by atoms with E-state index in [0.717, 1.165) is 12.1 Å². The maximum atomic E-state index is 12.8. The van der Waals surface area contributed by atoms with Crippen LogP contribution in [0, 0.1) is 15.9 Å². The van der Waals surface area contributed by atoms with Crippen molar-refractivity contribution in [2.45, 2.75) is 0 Å². The number of nitro benzene ring substituents is 1. The number of esters is 1. The lowest BCUT2D eigenvalue weighted by Gasteiger charge is -2.07. The molecule has 0 radical (unpaired) electrons. The Morgan fingerprint density at radius 1 is 1.14 bits per heavy atom. The largest absolute Gasteiger partial charge is 0.465 e. The first-order chi connectivity index (χ1) is 9.99. The van der Waals surface area contributed by atoms with Crippen LogP contribution in [-0.4, -0.2) is 18.0 Å². The van der Waals surface area contributed by atoms with Gasteiger partial charge in [0, 0.05) is 6.07 Å². The Bertz CT molecular complexity index is 684. The molecule has 2 aromatic carbocycles. The summed E-state index contributed by atoms with van der Waals surface area (Å²) < 4.78 is 22.7. The minimum Gasteiger partial charge on any atom is -0.465 e. The van der Waals surface area contributed by atoms with Crippen LogP contribution in [0.5, 0.6) is 11.5 Å². The maximum absolute atomic E-state index is 12.8. The number of carbonyl (C=O) groups excluding carboxylic acids is 1. The summed E-state index contributed by atoms with van der Waals surface area (Å²) in [5.41, 5.74) is -0.321. The van der Waals surface area contributed by atoms with Crippen LogP contribution in [0.2, 0.25) is 0 Å². The third kappa shape index (κ3) is 3.53. The van der Waals surface area contributed by atoms with Crippen LogP contribution in [0.3, 0.4) is 0 Å². The summed E-state index contributed by atoms with van der Waals surface area (Å²) in [4.78, 5) is 21.7. The number of benzene rings is 2. The van der Waals surface area contributed by atoms with Crippen molar-refractivity contribution < 1.29 is 23.6 Å². The van der Waals surface area contributed by atoms with E-state index >= 15 is 0 Å². The fourth-order valence-corrected chi connectivity index (χ4v) is 1.62. The average molecular weight is 291 g/mol. The van der Waals surface area contributed by atoms with Crippen molar-refractivity contribution in [3.8, 4) is 11.5 Å². The van der Waals surface area contributed by atoms with E-state index in [1.807, 2.05) is 0 Å². The van der Waals surface area contributed by atoms with Gasteiger partial charge in [-0.05, 0) is 30.3 Å². The van der Waals surface area contributed by atoms with Crippen molar-refractivity contribution in [2.75, 3.05) is 7.11 Å². The van der Waals surface area contributed by atoms with Gasteiger partial charge in [-0.25, -0.2) is 9.18 Å². The molecule has 0 aliphatic heterocycles. The first-order valence-corrected chi connectivity index (χ1v) is 5.81. The molecule has 0 aliphatic rings. The molecule has 0 aromatic heterocycles. The van der Waals surface area contributed by atoms with Gasteiger partial charge in [0.2, 0.25) is 0 Å². The first kappa shape index (κ1) is 14.4. The molecule has 0 unspecified atom stereocenters. The van der Waals surface area contributed by atoms with Crippen LogP contribution in [0.4, 0.5) is 10.1 Å². The first-order valence-electron chi connectivity index (χ1n) is 5.81. The van der Waals surface area contributed by atoms with E-state index in [4.69, 9.17) is 4.74 Å². The molecule has 0 saturated heterocycles. The highest BCUT2D eigenvalue weighted by atomic mass is 19.1. The number of non-ortho nitro benzene ring substituents is 1. The topological polar surface area (TPSA) is 78.7 Å². The monoisotopic (exact) mass is 291 g/mol. The molecule has 0 saturated carbocycles. The number of carbonyl (C=O) groups is 1. The SMILES string of the molecule is COC(=O)c1cc(Oc2ccc(F)cc2)cc([N+](=O)[O-])c1. The van der Waals surface area contributed by atoms with E-state index in [9.17, 15) is 19.3 Å². The molecular weight excluding hydrogens is 281 g/mol. The fraction of sp³-hybridized carbons (Fsp3) is 0.0714. The van der Waals surface area contributed by atoms with Crippen molar-refractivity contribution >= 4 is 11.7 Å². The summed E-state index contributed by atoms with van der Waals surface area (Å²) in [5, 5.41) is 10.9. The van der Waals surface area contributed by atoms with Crippen LogP contribution >= 0.6 is 0 Å². The Balaban J connectivity index is 2.37. The van der Waals surface area contributed by atoms with E-state index in [2.05, 4.69) is 4.74 Å². The zero-order chi connectivity index (χ0) is 15.4. The third-order valence-corrected chi connectivity index (χ3v) is 2.57. The molecule has 6 nitrogen and oxygen atoms in total. The van der Waals surface area contributed by atoms with Gasteiger partial charge < -0.3 is 9.47 Å². The van der Waals surface area contributed by atoms with Gasteiger partial charge in [-0.2, -0.15) is 0 Å². The lowest BCUT2D eigenvalue weighted by molar-refractivity contribution is -0.384. The van der Waals surface area contributed by atoms with E-state index in [-0.39, 0.29) is 22.7 Å². The molecule has 0 fully saturated rings. The van der Waals surface area contributed by atoms with Gasteiger partial charge in [0.15, 0.2) is 0 Å².